The predicted molar refractivity (Wildman–Crippen MR) is 284 cm³/mol. The molecule has 0 N–H and O–H groups in total. The Hall–Kier alpha value is -6.17. The van der Waals surface area contributed by atoms with Crippen LogP contribution < -0.4 is 5.19 Å². The van der Waals surface area contributed by atoms with E-state index < -0.39 is 20.8 Å². The van der Waals surface area contributed by atoms with Crippen molar-refractivity contribution in [2.45, 2.75) is 85.8 Å². The quantitative estimate of drug-likeness (QED) is 0.0907. The molecule has 11 rings (SSSR count). The summed E-state index contributed by atoms with van der Waals surface area (Å²) in [6, 6.07) is 54.0. The van der Waals surface area contributed by atoms with E-state index in [1.54, 1.807) is 6.07 Å². The first-order valence-electron chi connectivity index (χ1n) is 25.0. The number of aromatic nitrogens is 3. The van der Waals surface area contributed by atoms with E-state index >= 15 is 0 Å². The van der Waals surface area contributed by atoms with Crippen LogP contribution in [0.15, 0.2) is 150 Å². The Bertz CT molecular complexity index is 3780. The molecule has 337 valence electrons. The van der Waals surface area contributed by atoms with Gasteiger partial charge < -0.3 is 14.0 Å². The molecule has 4 nitrogen and oxygen atoms in total. The second-order valence-electron chi connectivity index (χ2n) is 19.4. The van der Waals surface area contributed by atoms with Gasteiger partial charge in [-0.15, -0.1) is 53.6 Å². The number of fused-ring (bicyclic) bond motifs is 9. The van der Waals surface area contributed by atoms with Gasteiger partial charge in [0, 0.05) is 48.2 Å². The minimum Gasteiger partial charge on any atom is -0.501 e. The largest absolute Gasteiger partial charge is 0.501 e. The number of para-hydroxylation sites is 1. The van der Waals surface area contributed by atoms with E-state index in [4.69, 9.17) is 14.9 Å². The van der Waals surface area contributed by atoms with Crippen LogP contribution in [0.5, 0.6) is 0 Å². The van der Waals surface area contributed by atoms with Crippen LogP contribution in [0.2, 0.25) is 19.6 Å². The van der Waals surface area contributed by atoms with E-state index in [9.17, 15) is 0 Å². The van der Waals surface area contributed by atoms with Gasteiger partial charge in [-0.2, -0.15) is 0 Å². The van der Waals surface area contributed by atoms with E-state index in [0.29, 0.717) is 27.9 Å². The Morgan fingerprint density at radius 3 is 2.01 bits per heavy atom. The summed E-state index contributed by atoms with van der Waals surface area (Å²) in [7, 11) is -1.50. The third-order valence-electron chi connectivity index (χ3n) is 13.0. The SMILES string of the molecule is [2H]C(C)(C)c1cc(-c2[c-]cccc2)ncc1[Si](C)(C)C.[2H]C([2H])([2H])c1c[c-]c(-c2nc3ccc4ccccc4c3n2-c2c(C(C)C)cccc2C(C)C)c2oc3cc4c(ccc5ccccc54)cc3c12.[Ir]. The molecule has 0 unspecified atom stereocenters. The first-order valence-corrected chi connectivity index (χ1v) is 26.5. The Morgan fingerprint density at radius 1 is 0.672 bits per heavy atom. The molecular weight excluding hydrogens is 1010 g/mol. The van der Waals surface area contributed by atoms with Crippen LogP contribution in [0.4, 0.5) is 0 Å². The second kappa shape index (κ2) is 18.1. The van der Waals surface area contributed by atoms with Crippen LogP contribution in [0.25, 0.3) is 93.6 Å². The van der Waals surface area contributed by atoms with Gasteiger partial charge in [-0.25, -0.2) is 0 Å². The van der Waals surface area contributed by atoms with Crippen molar-refractivity contribution in [1.29, 1.82) is 0 Å². The molecule has 1 radical (unpaired) electrons. The summed E-state index contributed by atoms with van der Waals surface area (Å²) in [4.78, 5) is 9.96. The Balaban J connectivity index is 0.000000251. The Morgan fingerprint density at radius 2 is 1.34 bits per heavy atom. The molecule has 0 saturated carbocycles. The maximum absolute atomic E-state index is 8.57. The van der Waals surface area contributed by atoms with Gasteiger partial charge in [0.25, 0.3) is 0 Å². The summed E-state index contributed by atoms with van der Waals surface area (Å²) in [5.41, 5.74) is 10.3. The molecule has 6 heteroatoms. The number of furan rings is 1. The number of rotatable bonds is 7. The molecule has 0 bridgehead atoms. The van der Waals surface area contributed by atoms with E-state index in [1.807, 2.05) is 56.4 Å². The Kier molecular flexibility index (Phi) is 11.1. The molecule has 67 heavy (non-hydrogen) atoms. The fourth-order valence-corrected chi connectivity index (χ4v) is 11.2. The van der Waals surface area contributed by atoms with Gasteiger partial charge in [0.1, 0.15) is 5.58 Å². The molecule has 0 atom stereocenters. The van der Waals surface area contributed by atoms with E-state index in [0.717, 1.165) is 71.2 Å². The van der Waals surface area contributed by atoms with E-state index in [-0.39, 0.29) is 37.5 Å². The molecule has 0 amide bonds. The maximum Gasteiger partial charge on any atom is 0.121 e. The van der Waals surface area contributed by atoms with Gasteiger partial charge >= 0.3 is 0 Å². The molecule has 0 aliphatic rings. The van der Waals surface area contributed by atoms with Crippen LogP contribution in [0.1, 0.15) is 87.0 Å². The molecule has 0 aliphatic heterocycles. The number of aryl methyl sites for hydroxylation is 1. The fraction of sp³-hybridized carbons (Fsp3) is 0.213. The minimum absolute atomic E-state index is 0. The van der Waals surface area contributed by atoms with Gasteiger partial charge in [-0.3, -0.25) is 4.98 Å². The third-order valence-corrected chi connectivity index (χ3v) is 15.0. The van der Waals surface area contributed by atoms with Crippen LogP contribution in [0, 0.1) is 19.0 Å². The summed E-state index contributed by atoms with van der Waals surface area (Å²) in [6.45, 7) is 17.3. The van der Waals surface area contributed by atoms with Crippen molar-refractivity contribution < 1.29 is 30.0 Å². The zero-order valence-electron chi connectivity index (χ0n) is 43.6. The smallest absolute Gasteiger partial charge is 0.121 e. The van der Waals surface area contributed by atoms with Crippen molar-refractivity contribution in [2.24, 2.45) is 0 Å². The minimum atomic E-state index is -2.38. The molecule has 0 fully saturated rings. The first-order chi connectivity index (χ1) is 33.3. The average Bonchev–Trinajstić information content (AvgIpc) is 3.91. The molecular formula is C61H57IrN3OSi-2. The second-order valence-corrected chi connectivity index (χ2v) is 24.4. The Labute approximate surface area is 415 Å². The standard InChI is InChI=1S/C44H35N2O.C17H22NSi.Ir/c1-25(2)31-15-10-16-32(26(3)4)41(31)46-42-34-14-9-7-12-29(34)20-22-38(42)45-44(46)35-21-17-27(5)40-37-23-30-19-18-28-11-6-8-13-33(28)36(30)24-39(37)47-43(35)40;1-13(2)15-11-16(14-9-7-6-8-10-14)18-12-17(15)19(3,4)5;/h6-20,22-26H,1-5H3;6-9,11-13H,1-5H3;/q2*-1;/i5D3;13D;. The first kappa shape index (κ1) is 41.0. The van der Waals surface area contributed by atoms with Crippen molar-refractivity contribution in [3.8, 4) is 28.3 Å². The molecule has 8 aromatic carbocycles. The van der Waals surface area contributed by atoms with Gasteiger partial charge in [0.15, 0.2) is 0 Å². The number of hydrogen-bond acceptors (Lipinski definition) is 3. The van der Waals surface area contributed by atoms with Crippen LogP contribution in [-0.2, 0) is 20.1 Å². The number of hydrogen-bond donors (Lipinski definition) is 0. The van der Waals surface area contributed by atoms with Crippen LogP contribution in [0.3, 0.4) is 0 Å². The monoisotopic (exact) mass is 1070 g/mol. The number of pyridine rings is 1. The summed E-state index contributed by atoms with van der Waals surface area (Å²) in [5.74, 6) is 0.531. The summed E-state index contributed by atoms with van der Waals surface area (Å²) < 4.78 is 43.3. The molecule has 0 aliphatic carbocycles. The van der Waals surface area contributed by atoms with Crippen molar-refractivity contribution >= 4 is 78.5 Å². The van der Waals surface area contributed by atoms with Crippen molar-refractivity contribution in [3.05, 3.63) is 180 Å². The molecule has 11 aromatic rings. The van der Waals surface area contributed by atoms with Gasteiger partial charge in [-0.1, -0.05) is 176 Å². The predicted octanol–water partition coefficient (Wildman–Crippen LogP) is 16.6. The number of benzene rings is 8. The fourth-order valence-electron chi connectivity index (χ4n) is 9.65. The number of imidazole rings is 1. The molecule has 3 heterocycles. The van der Waals surface area contributed by atoms with Crippen molar-refractivity contribution in [1.82, 2.24) is 14.5 Å². The topological polar surface area (TPSA) is 43.9 Å². The summed E-state index contributed by atoms with van der Waals surface area (Å²) in [6.07, 6.45) is 1.98. The van der Waals surface area contributed by atoms with Crippen molar-refractivity contribution in [2.75, 3.05) is 0 Å². The van der Waals surface area contributed by atoms with E-state index in [2.05, 4.69) is 166 Å². The van der Waals surface area contributed by atoms with Crippen molar-refractivity contribution in [3.63, 3.8) is 0 Å². The van der Waals surface area contributed by atoms with Gasteiger partial charge in [0.05, 0.1) is 30.5 Å². The summed E-state index contributed by atoms with van der Waals surface area (Å²) in [5, 5.41) is 9.17. The zero-order chi connectivity index (χ0) is 49.4. The van der Waals surface area contributed by atoms with Crippen LogP contribution in [-0.4, -0.2) is 22.6 Å². The molecule has 3 aromatic heterocycles. The van der Waals surface area contributed by atoms with E-state index in [1.165, 1.54) is 16.3 Å². The molecule has 0 saturated heterocycles. The maximum atomic E-state index is 8.57. The van der Waals surface area contributed by atoms with Gasteiger partial charge in [-0.05, 0) is 84.9 Å². The average molecular weight is 1070 g/mol. The summed E-state index contributed by atoms with van der Waals surface area (Å²) >= 11 is 0. The normalized spacial score (nSPS) is 13.2. The zero-order valence-corrected chi connectivity index (χ0v) is 43.0. The molecule has 0 spiro atoms. The van der Waals surface area contributed by atoms with Crippen LogP contribution >= 0.6 is 0 Å². The van der Waals surface area contributed by atoms with Gasteiger partial charge in [0.2, 0.25) is 0 Å². The number of nitrogens with zero attached hydrogens (tertiary/aromatic N) is 3. The third kappa shape index (κ3) is 8.24.